The minimum atomic E-state index is 0.366. The molecule has 1 aromatic heterocycles. The van der Waals surface area contributed by atoms with Gasteiger partial charge in [0.1, 0.15) is 0 Å². The molecular weight excluding hydrogens is 274 g/mol. The van der Waals surface area contributed by atoms with E-state index in [0.29, 0.717) is 30.0 Å². The Kier molecular flexibility index (Phi) is 3.87. The Bertz CT molecular complexity index is 516. The van der Waals surface area contributed by atoms with Gasteiger partial charge in [-0.25, -0.2) is 0 Å². The summed E-state index contributed by atoms with van der Waals surface area (Å²) in [7, 11) is 0. The molecule has 2 atom stereocenters. The lowest BCUT2D eigenvalue weighted by Gasteiger charge is -2.31. The summed E-state index contributed by atoms with van der Waals surface area (Å²) in [5.74, 6) is 0.954. The lowest BCUT2D eigenvalue weighted by molar-refractivity contribution is -0.133. The number of aromatic nitrogens is 1. The van der Waals surface area contributed by atoms with Crippen LogP contribution in [0.15, 0.2) is 24.5 Å². The third kappa shape index (κ3) is 3.17. The highest BCUT2D eigenvalue weighted by atomic mass is 16.2. The summed E-state index contributed by atoms with van der Waals surface area (Å²) < 4.78 is 0. The first-order chi connectivity index (χ1) is 10.8. The van der Waals surface area contributed by atoms with E-state index in [2.05, 4.69) is 15.2 Å². The van der Waals surface area contributed by atoms with Gasteiger partial charge in [0.05, 0.1) is 0 Å². The molecule has 4 rings (SSSR count). The zero-order valence-electron chi connectivity index (χ0n) is 13.1. The van der Waals surface area contributed by atoms with Gasteiger partial charge in [-0.2, -0.15) is 0 Å². The van der Waals surface area contributed by atoms with Gasteiger partial charge in [0, 0.05) is 43.5 Å². The van der Waals surface area contributed by atoms with E-state index in [-0.39, 0.29) is 0 Å². The van der Waals surface area contributed by atoms with Crippen LogP contribution < -0.4 is 5.32 Å². The highest BCUT2D eigenvalue weighted by molar-refractivity contribution is 5.77. The molecule has 0 aromatic carbocycles. The Labute approximate surface area is 132 Å². The van der Waals surface area contributed by atoms with Crippen LogP contribution in [0.4, 0.5) is 0 Å². The minimum Gasteiger partial charge on any atom is -0.335 e. The number of nitrogens with one attached hydrogen (secondary N) is 1. The first-order valence-corrected chi connectivity index (χ1v) is 8.72. The molecule has 4 nitrogen and oxygen atoms in total. The van der Waals surface area contributed by atoms with Crippen molar-refractivity contribution in [2.75, 3.05) is 0 Å². The number of hydrogen-bond donors (Lipinski definition) is 1. The number of hydrogen-bond acceptors (Lipinski definition) is 3. The smallest absolute Gasteiger partial charge is 0.223 e. The molecule has 1 aromatic rings. The van der Waals surface area contributed by atoms with Gasteiger partial charge in [-0.3, -0.25) is 9.78 Å². The third-order valence-electron chi connectivity index (χ3n) is 5.44. The van der Waals surface area contributed by atoms with Crippen molar-refractivity contribution in [3.8, 4) is 0 Å². The van der Waals surface area contributed by atoms with E-state index in [4.69, 9.17) is 0 Å². The van der Waals surface area contributed by atoms with E-state index in [1.54, 1.807) is 0 Å². The van der Waals surface area contributed by atoms with Crippen LogP contribution in [0.25, 0.3) is 0 Å². The lowest BCUT2D eigenvalue weighted by Crippen LogP contribution is -2.40. The summed E-state index contributed by atoms with van der Waals surface area (Å²) in [6.07, 6.45) is 11.7. The van der Waals surface area contributed by atoms with Gasteiger partial charge >= 0.3 is 0 Å². The van der Waals surface area contributed by atoms with Gasteiger partial charge in [0.15, 0.2) is 0 Å². The quantitative estimate of drug-likeness (QED) is 0.908. The van der Waals surface area contributed by atoms with Crippen LogP contribution in [0.2, 0.25) is 0 Å². The molecule has 3 fully saturated rings. The van der Waals surface area contributed by atoms with Gasteiger partial charge in [0.2, 0.25) is 5.91 Å². The van der Waals surface area contributed by atoms with Crippen LogP contribution in [0.1, 0.15) is 50.5 Å². The molecule has 0 spiro atoms. The predicted molar refractivity (Wildman–Crippen MR) is 85.1 cm³/mol. The maximum atomic E-state index is 12.8. The van der Waals surface area contributed by atoms with Crippen LogP contribution in [-0.2, 0) is 11.3 Å². The van der Waals surface area contributed by atoms with Crippen molar-refractivity contribution in [2.45, 2.75) is 69.6 Å². The molecule has 4 heteroatoms. The van der Waals surface area contributed by atoms with E-state index < -0.39 is 0 Å². The van der Waals surface area contributed by atoms with Gasteiger partial charge in [-0.05, 0) is 62.1 Å². The molecule has 3 heterocycles. The van der Waals surface area contributed by atoms with Gasteiger partial charge in [-0.15, -0.1) is 0 Å². The minimum absolute atomic E-state index is 0.366. The Morgan fingerprint density at radius 3 is 2.45 bits per heavy atom. The molecule has 1 saturated carbocycles. The van der Waals surface area contributed by atoms with Crippen LogP contribution in [-0.4, -0.2) is 33.9 Å². The molecule has 2 unspecified atom stereocenters. The fourth-order valence-electron chi connectivity index (χ4n) is 4.20. The standard InChI is InChI=1S/C18H25N3O/c22-18(11-14-9-15-1-2-16(10-14)20-15)21(17-3-4-17)12-13-5-7-19-8-6-13/h5-8,14-17,20H,1-4,9-12H2. The molecule has 2 bridgehead atoms. The highest BCUT2D eigenvalue weighted by Gasteiger charge is 2.37. The first-order valence-electron chi connectivity index (χ1n) is 8.72. The molecule has 2 saturated heterocycles. The Morgan fingerprint density at radius 2 is 1.82 bits per heavy atom. The Balaban J connectivity index is 1.38. The van der Waals surface area contributed by atoms with Crippen molar-refractivity contribution in [3.05, 3.63) is 30.1 Å². The van der Waals surface area contributed by atoms with E-state index >= 15 is 0 Å². The molecule has 1 N–H and O–H groups in total. The maximum Gasteiger partial charge on any atom is 0.223 e. The van der Waals surface area contributed by atoms with Crippen molar-refractivity contribution < 1.29 is 4.79 Å². The van der Waals surface area contributed by atoms with Crippen molar-refractivity contribution in [1.29, 1.82) is 0 Å². The fourth-order valence-corrected chi connectivity index (χ4v) is 4.20. The van der Waals surface area contributed by atoms with E-state index in [1.807, 2.05) is 24.5 Å². The number of nitrogens with zero attached hydrogens (tertiary/aromatic N) is 2. The summed E-state index contributed by atoms with van der Waals surface area (Å²) in [6, 6.07) is 5.87. The zero-order valence-corrected chi connectivity index (χ0v) is 13.1. The number of pyridine rings is 1. The monoisotopic (exact) mass is 299 g/mol. The average molecular weight is 299 g/mol. The molecule has 1 amide bonds. The summed E-state index contributed by atoms with van der Waals surface area (Å²) in [5, 5.41) is 3.67. The number of rotatable bonds is 5. The number of carbonyl (C=O) groups excluding carboxylic acids is 1. The van der Waals surface area contributed by atoms with Gasteiger partial charge in [0.25, 0.3) is 0 Å². The third-order valence-corrected chi connectivity index (χ3v) is 5.44. The number of piperidine rings is 1. The van der Waals surface area contributed by atoms with E-state index in [0.717, 1.165) is 13.0 Å². The first kappa shape index (κ1) is 14.2. The second-order valence-electron chi connectivity index (χ2n) is 7.29. The van der Waals surface area contributed by atoms with E-state index in [1.165, 1.54) is 44.1 Å². The summed E-state index contributed by atoms with van der Waals surface area (Å²) in [6.45, 7) is 0.754. The number of fused-ring (bicyclic) bond motifs is 2. The van der Waals surface area contributed by atoms with Crippen LogP contribution >= 0.6 is 0 Å². The molecular formula is C18H25N3O. The highest BCUT2D eigenvalue weighted by Crippen LogP contribution is 2.35. The van der Waals surface area contributed by atoms with Crippen molar-refractivity contribution in [3.63, 3.8) is 0 Å². The lowest BCUT2D eigenvalue weighted by atomic mass is 9.89. The maximum absolute atomic E-state index is 12.8. The topological polar surface area (TPSA) is 45.2 Å². The second kappa shape index (κ2) is 5.99. The molecule has 1 aliphatic carbocycles. The normalized spacial score (nSPS) is 30.3. The van der Waals surface area contributed by atoms with Crippen LogP contribution in [0.5, 0.6) is 0 Å². The summed E-state index contributed by atoms with van der Waals surface area (Å²) >= 11 is 0. The second-order valence-corrected chi connectivity index (χ2v) is 7.29. The van der Waals surface area contributed by atoms with Gasteiger partial charge < -0.3 is 10.2 Å². The van der Waals surface area contributed by atoms with Crippen molar-refractivity contribution >= 4 is 5.91 Å². The summed E-state index contributed by atoms with van der Waals surface area (Å²) in [5.41, 5.74) is 1.20. The Morgan fingerprint density at radius 1 is 1.14 bits per heavy atom. The van der Waals surface area contributed by atoms with E-state index in [9.17, 15) is 4.79 Å². The van der Waals surface area contributed by atoms with Crippen molar-refractivity contribution in [2.24, 2.45) is 5.92 Å². The van der Waals surface area contributed by atoms with Crippen molar-refractivity contribution in [1.82, 2.24) is 15.2 Å². The molecule has 118 valence electrons. The number of amides is 1. The fraction of sp³-hybridized carbons (Fsp3) is 0.667. The molecule has 0 radical (unpaired) electrons. The van der Waals surface area contributed by atoms with Gasteiger partial charge in [-0.1, -0.05) is 0 Å². The van der Waals surface area contributed by atoms with Crippen LogP contribution in [0, 0.1) is 5.92 Å². The zero-order chi connectivity index (χ0) is 14.9. The Hall–Kier alpha value is -1.42. The molecule has 22 heavy (non-hydrogen) atoms. The predicted octanol–water partition coefficient (Wildman–Crippen LogP) is 2.49. The molecule has 2 aliphatic heterocycles. The average Bonchev–Trinajstić information content (AvgIpc) is 3.31. The summed E-state index contributed by atoms with van der Waals surface area (Å²) in [4.78, 5) is 19.0. The number of carbonyl (C=O) groups is 1. The molecule has 3 aliphatic rings. The largest absolute Gasteiger partial charge is 0.335 e. The van der Waals surface area contributed by atoms with Crippen LogP contribution in [0.3, 0.4) is 0 Å². The SMILES string of the molecule is O=C(CC1CC2CCC(C1)N2)N(Cc1ccncc1)C1CC1.